The van der Waals surface area contributed by atoms with Crippen molar-refractivity contribution in [3.05, 3.63) is 59.7 Å². The van der Waals surface area contributed by atoms with E-state index in [1.807, 2.05) is 24.3 Å². The molecule has 0 bridgehead atoms. The van der Waals surface area contributed by atoms with Crippen LogP contribution < -0.4 is 5.73 Å². The molecule has 0 aliphatic rings. The van der Waals surface area contributed by atoms with Gasteiger partial charge in [-0.05, 0) is 22.6 Å². The van der Waals surface area contributed by atoms with Crippen molar-refractivity contribution in [3.63, 3.8) is 0 Å². The molecule has 2 rings (SSSR count). The highest BCUT2D eigenvalue weighted by Gasteiger charge is 2.06. The second-order valence-corrected chi connectivity index (χ2v) is 5.96. The second kappa shape index (κ2) is 7.34. The summed E-state index contributed by atoms with van der Waals surface area (Å²) in [5.74, 6) is 0.557. The Hall–Kier alpha value is -1.71. The van der Waals surface area contributed by atoms with Gasteiger partial charge in [-0.2, -0.15) is 0 Å². The number of hydrogen-bond donors (Lipinski definition) is 1. The zero-order valence-electron chi connectivity index (χ0n) is 12.5. The van der Waals surface area contributed by atoms with Gasteiger partial charge in [0, 0.05) is 12.2 Å². The first-order valence-electron chi connectivity index (χ1n) is 7.14. The van der Waals surface area contributed by atoms with Gasteiger partial charge in [0.15, 0.2) is 0 Å². The van der Waals surface area contributed by atoms with Crippen molar-refractivity contribution in [3.8, 4) is 11.1 Å². The van der Waals surface area contributed by atoms with Crippen LogP contribution in [0.1, 0.15) is 25.0 Å². The summed E-state index contributed by atoms with van der Waals surface area (Å²) in [4.78, 5) is 0.426. The van der Waals surface area contributed by atoms with E-state index >= 15 is 0 Å². The van der Waals surface area contributed by atoms with Gasteiger partial charge in [0.1, 0.15) is 4.99 Å². The van der Waals surface area contributed by atoms with Crippen LogP contribution in [0.4, 0.5) is 0 Å². The minimum atomic E-state index is 0.426. The average molecular weight is 299 g/mol. The molecule has 0 saturated carbocycles. The molecule has 2 aromatic rings. The Balaban J connectivity index is 2.14. The number of benzene rings is 2. The average Bonchev–Trinajstić information content (AvgIpc) is 2.47. The van der Waals surface area contributed by atoms with Crippen molar-refractivity contribution in [1.82, 2.24) is 0 Å². The standard InChI is InChI=1S/C18H21NOS/c1-13(2)11-20-12-14-7-9-15(10-8-14)16-5-3-4-6-17(16)18(19)21/h3-10,13H,11-12H2,1-2H3,(H2,19,21). The molecule has 21 heavy (non-hydrogen) atoms. The second-order valence-electron chi connectivity index (χ2n) is 5.52. The molecule has 0 heterocycles. The first kappa shape index (κ1) is 15.7. The molecule has 0 radical (unpaired) electrons. The fourth-order valence-electron chi connectivity index (χ4n) is 2.14. The van der Waals surface area contributed by atoms with Crippen molar-refractivity contribution in [1.29, 1.82) is 0 Å². The van der Waals surface area contributed by atoms with Crippen LogP contribution in [0.5, 0.6) is 0 Å². The van der Waals surface area contributed by atoms with Crippen LogP contribution in [-0.2, 0) is 11.3 Å². The normalized spacial score (nSPS) is 10.8. The maximum atomic E-state index is 5.79. The van der Waals surface area contributed by atoms with E-state index in [0.717, 1.165) is 23.3 Å². The van der Waals surface area contributed by atoms with Gasteiger partial charge in [0.25, 0.3) is 0 Å². The van der Waals surface area contributed by atoms with Gasteiger partial charge >= 0.3 is 0 Å². The fourth-order valence-corrected chi connectivity index (χ4v) is 2.32. The van der Waals surface area contributed by atoms with Crippen LogP contribution in [0.2, 0.25) is 0 Å². The van der Waals surface area contributed by atoms with Gasteiger partial charge in [-0.25, -0.2) is 0 Å². The van der Waals surface area contributed by atoms with E-state index in [0.29, 0.717) is 17.5 Å². The third kappa shape index (κ3) is 4.38. The summed E-state index contributed by atoms with van der Waals surface area (Å²) < 4.78 is 5.65. The topological polar surface area (TPSA) is 35.2 Å². The Morgan fingerprint density at radius 2 is 1.76 bits per heavy atom. The smallest absolute Gasteiger partial charge is 0.104 e. The monoisotopic (exact) mass is 299 g/mol. The van der Waals surface area contributed by atoms with Crippen LogP contribution in [0.15, 0.2) is 48.5 Å². The molecule has 3 heteroatoms. The molecule has 2 aromatic carbocycles. The minimum absolute atomic E-state index is 0.426. The first-order valence-corrected chi connectivity index (χ1v) is 7.54. The lowest BCUT2D eigenvalue weighted by atomic mass is 9.99. The number of ether oxygens (including phenoxy) is 1. The summed E-state index contributed by atoms with van der Waals surface area (Å²) in [7, 11) is 0. The van der Waals surface area contributed by atoms with Crippen LogP contribution in [0.3, 0.4) is 0 Å². The zero-order valence-corrected chi connectivity index (χ0v) is 13.3. The maximum Gasteiger partial charge on any atom is 0.104 e. The molecule has 0 atom stereocenters. The number of rotatable bonds is 6. The summed E-state index contributed by atoms with van der Waals surface area (Å²) >= 11 is 5.11. The number of hydrogen-bond acceptors (Lipinski definition) is 2. The van der Waals surface area contributed by atoms with Crippen LogP contribution in [-0.4, -0.2) is 11.6 Å². The lowest BCUT2D eigenvalue weighted by molar-refractivity contribution is 0.0971. The molecule has 0 unspecified atom stereocenters. The van der Waals surface area contributed by atoms with Gasteiger partial charge in [0.05, 0.1) is 6.61 Å². The van der Waals surface area contributed by atoms with Crippen molar-refractivity contribution < 1.29 is 4.74 Å². The van der Waals surface area contributed by atoms with Crippen molar-refractivity contribution in [2.24, 2.45) is 11.7 Å². The summed E-state index contributed by atoms with van der Waals surface area (Å²) in [6.45, 7) is 5.73. The van der Waals surface area contributed by atoms with E-state index in [-0.39, 0.29) is 0 Å². The summed E-state index contributed by atoms with van der Waals surface area (Å²) in [6, 6.07) is 16.3. The fraction of sp³-hybridized carbons (Fsp3) is 0.278. The van der Waals surface area contributed by atoms with Crippen LogP contribution >= 0.6 is 12.2 Å². The van der Waals surface area contributed by atoms with E-state index in [1.165, 1.54) is 5.56 Å². The van der Waals surface area contributed by atoms with E-state index in [4.69, 9.17) is 22.7 Å². The summed E-state index contributed by atoms with van der Waals surface area (Å²) in [5, 5.41) is 0. The highest BCUT2D eigenvalue weighted by atomic mass is 32.1. The summed E-state index contributed by atoms with van der Waals surface area (Å²) in [5.41, 5.74) is 10.1. The molecule has 0 aromatic heterocycles. The first-order chi connectivity index (χ1) is 10.1. The molecule has 0 aliphatic carbocycles. The third-order valence-electron chi connectivity index (χ3n) is 3.18. The Kier molecular flexibility index (Phi) is 5.48. The van der Waals surface area contributed by atoms with Crippen LogP contribution in [0.25, 0.3) is 11.1 Å². The highest BCUT2D eigenvalue weighted by Crippen LogP contribution is 2.24. The molecule has 110 valence electrons. The van der Waals surface area contributed by atoms with Gasteiger partial charge in [-0.3, -0.25) is 0 Å². The molecule has 2 N–H and O–H groups in total. The largest absolute Gasteiger partial charge is 0.389 e. The molecule has 0 saturated heterocycles. The Morgan fingerprint density at radius 3 is 2.38 bits per heavy atom. The predicted octanol–water partition coefficient (Wildman–Crippen LogP) is 4.16. The van der Waals surface area contributed by atoms with Gasteiger partial charge in [-0.1, -0.05) is 74.6 Å². The quantitative estimate of drug-likeness (QED) is 0.813. The van der Waals surface area contributed by atoms with E-state index in [2.05, 4.69) is 38.1 Å². The summed E-state index contributed by atoms with van der Waals surface area (Å²) in [6.07, 6.45) is 0. The van der Waals surface area contributed by atoms with Gasteiger partial charge < -0.3 is 10.5 Å². The third-order valence-corrected chi connectivity index (χ3v) is 3.40. The highest BCUT2D eigenvalue weighted by molar-refractivity contribution is 7.80. The molecule has 2 nitrogen and oxygen atoms in total. The lowest BCUT2D eigenvalue weighted by Crippen LogP contribution is -2.10. The Morgan fingerprint density at radius 1 is 1.10 bits per heavy atom. The Bertz CT molecular complexity index is 605. The van der Waals surface area contributed by atoms with E-state index < -0.39 is 0 Å². The molecule has 0 fully saturated rings. The zero-order chi connectivity index (χ0) is 15.2. The van der Waals surface area contributed by atoms with E-state index in [1.54, 1.807) is 0 Å². The molecule has 0 spiro atoms. The Labute approximate surface area is 131 Å². The van der Waals surface area contributed by atoms with Crippen molar-refractivity contribution in [2.75, 3.05) is 6.61 Å². The molecular formula is C18H21NOS. The molecular weight excluding hydrogens is 278 g/mol. The van der Waals surface area contributed by atoms with Crippen LogP contribution in [0, 0.1) is 5.92 Å². The van der Waals surface area contributed by atoms with Gasteiger partial charge in [0.2, 0.25) is 0 Å². The minimum Gasteiger partial charge on any atom is -0.389 e. The maximum absolute atomic E-state index is 5.79. The number of nitrogens with two attached hydrogens (primary N) is 1. The van der Waals surface area contributed by atoms with E-state index in [9.17, 15) is 0 Å². The predicted molar refractivity (Wildman–Crippen MR) is 92.3 cm³/mol. The lowest BCUT2D eigenvalue weighted by Gasteiger charge is -2.10. The number of thiocarbonyl (C=S) groups is 1. The van der Waals surface area contributed by atoms with Crippen molar-refractivity contribution in [2.45, 2.75) is 20.5 Å². The molecule has 0 amide bonds. The SMILES string of the molecule is CC(C)COCc1ccc(-c2ccccc2C(N)=S)cc1. The molecule has 0 aliphatic heterocycles. The van der Waals surface area contributed by atoms with Crippen molar-refractivity contribution >= 4 is 17.2 Å². The van der Waals surface area contributed by atoms with Gasteiger partial charge in [-0.15, -0.1) is 0 Å².